The Labute approximate surface area is 356 Å². The van der Waals surface area contributed by atoms with Crippen LogP contribution in [0.5, 0.6) is 0 Å². The Bertz CT molecular complexity index is 1880. The molecule has 17 unspecified atom stereocenters. The molecule has 0 bridgehead atoms. The lowest BCUT2D eigenvalue weighted by atomic mass is 9.45. The van der Waals surface area contributed by atoms with Crippen molar-refractivity contribution in [2.45, 2.75) is 155 Å². The van der Waals surface area contributed by atoms with Gasteiger partial charge in [0.1, 0.15) is 5.78 Å². The van der Waals surface area contributed by atoms with E-state index in [4.69, 9.17) is 4.74 Å². The third-order valence-electron chi connectivity index (χ3n) is 17.4. The van der Waals surface area contributed by atoms with E-state index in [2.05, 4.69) is 49.8 Å². The minimum absolute atomic E-state index is 0.0215. The average Bonchev–Trinajstić information content (AvgIpc) is 3.89. The summed E-state index contributed by atoms with van der Waals surface area (Å²) < 4.78 is 5.78. The topological polar surface area (TPSA) is 189 Å². The number of carbonyl (C=O) groups is 3. The Morgan fingerprint density at radius 3 is 2.43 bits per heavy atom. The van der Waals surface area contributed by atoms with Crippen LogP contribution in [0.2, 0.25) is 0 Å². The standard InChI is InChI=1S/C49H72N2O9/c1-26(2)12-13-30-19-31(34-25-60-45(57)40(34)33-15-17-50-24-33)10-9-11-32-21-49(59)41-35(14-16-47(49,7)44(32)48(8,58)39(55)18-27(3)29(30)5)46(6)22-38(54)37(53)20-36(46)43(56)42(41)51-23-28(4)52/h15,17,24,26-27,29-32,34-40,44,50-51,53-55,58-59H,11-14,16,18-23,25H2,1-8H3. The van der Waals surface area contributed by atoms with Gasteiger partial charge < -0.3 is 40.6 Å². The number of rotatable bonds is 8. The highest BCUT2D eigenvalue weighted by molar-refractivity contribution is 6.00. The second kappa shape index (κ2) is 16.6. The molecule has 0 radical (unpaired) electrons. The molecule has 1 aromatic rings. The molecule has 0 spiro atoms. The maximum absolute atomic E-state index is 14.7. The summed E-state index contributed by atoms with van der Waals surface area (Å²) in [7, 11) is 0. The van der Waals surface area contributed by atoms with Gasteiger partial charge in [0.15, 0.2) is 5.78 Å². The number of aliphatic hydroxyl groups is 5. The van der Waals surface area contributed by atoms with Crippen molar-refractivity contribution in [3.05, 3.63) is 35.3 Å². The molecule has 332 valence electrons. The molecule has 0 aromatic carbocycles. The van der Waals surface area contributed by atoms with Gasteiger partial charge in [0.05, 0.1) is 54.3 Å². The number of H-pyrrole nitrogens is 1. The van der Waals surface area contributed by atoms with Gasteiger partial charge in [0, 0.05) is 47.9 Å². The molecule has 7 rings (SSSR count). The molecule has 5 aliphatic carbocycles. The van der Waals surface area contributed by atoms with E-state index in [0.29, 0.717) is 37.2 Å². The van der Waals surface area contributed by atoms with Gasteiger partial charge in [-0.25, -0.2) is 0 Å². The summed E-state index contributed by atoms with van der Waals surface area (Å²) in [5.74, 6) is 4.72. The number of aromatic nitrogens is 1. The van der Waals surface area contributed by atoms with Crippen LogP contribution < -0.4 is 5.32 Å². The van der Waals surface area contributed by atoms with Gasteiger partial charge in [-0.1, -0.05) is 53.9 Å². The van der Waals surface area contributed by atoms with Gasteiger partial charge in [-0.05, 0) is 123 Å². The van der Waals surface area contributed by atoms with Crippen molar-refractivity contribution in [1.29, 1.82) is 0 Å². The summed E-state index contributed by atoms with van der Waals surface area (Å²) in [5, 5.41) is 63.9. The fourth-order valence-corrected chi connectivity index (χ4v) is 13.8. The Hall–Kier alpha value is -3.01. The number of fused-ring (bicyclic) bond motifs is 7. The third-order valence-corrected chi connectivity index (χ3v) is 17.4. The number of ether oxygens (including phenoxy) is 1. The Morgan fingerprint density at radius 1 is 1.03 bits per heavy atom. The molecule has 1 aromatic heterocycles. The van der Waals surface area contributed by atoms with Crippen molar-refractivity contribution in [3.63, 3.8) is 0 Å². The number of cyclic esters (lactones) is 1. The van der Waals surface area contributed by atoms with Gasteiger partial charge in [-0.15, -0.1) is 5.92 Å². The number of allylic oxidation sites excluding steroid dienone is 1. The minimum atomic E-state index is -1.65. The van der Waals surface area contributed by atoms with Crippen molar-refractivity contribution < 1.29 is 44.7 Å². The largest absolute Gasteiger partial charge is 0.465 e. The van der Waals surface area contributed by atoms with Crippen molar-refractivity contribution in [1.82, 2.24) is 10.3 Å². The summed E-state index contributed by atoms with van der Waals surface area (Å²) in [6.45, 7) is 16.2. The van der Waals surface area contributed by atoms with Gasteiger partial charge >= 0.3 is 5.97 Å². The van der Waals surface area contributed by atoms with Crippen LogP contribution in [-0.2, 0) is 19.1 Å². The predicted molar refractivity (Wildman–Crippen MR) is 227 cm³/mol. The lowest BCUT2D eigenvalue weighted by molar-refractivity contribution is -0.182. The number of esters is 1. The second-order valence-corrected chi connectivity index (χ2v) is 21.5. The van der Waals surface area contributed by atoms with E-state index in [1.54, 1.807) is 6.92 Å². The second-order valence-electron chi connectivity index (χ2n) is 21.5. The molecule has 2 heterocycles. The summed E-state index contributed by atoms with van der Waals surface area (Å²) >= 11 is 0. The maximum Gasteiger partial charge on any atom is 0.313 e. The molecule has 0 amide bonds. The summed E-state index contributed by atoms with van der Waals surface area (Å²) in [4.78, 5) is 43.6. The van der Waals surface area contributed by atoms with E-state index in [1.165, 1.54) is 6.92 Å². The first-order valence-electron chi connectivity index (χ1n) is 22.9. The maximum atomic E-state index is 14.7. The highest BCUT2D eigenvalue weighted by atomic mass is 16.5. The van der Waals surface area contributed by atoms with E-state index in [9.17, 15) is 39.9 Å². The zero-order valence-corrected chi connectivity index (χ0v) is 37.2. The smallest absolute Gasteiger partial charge is 0.313 e. The number of hydrogen-bond donors (Lipinski definition) is 7. The SMILES string of the molecule is CC(=O)CNC1=C2C(CCC3(C)C4C(CC#CC(C5COC(=O)C5c5cc[nH]c5)CC(CCC(C)C)C(C)C(C)CC(O)C4(C)O)CC23O)C2(C)CC(O)C(O)CC2C1=O. The monoisotopic (exact) mass is 833 g/mol. The number of ketones is 2. The van der Waals surface area contributed by atoms with Crippen molar-refractivity contribution in [3.8, 4) is 11.8 Å². The first-order valence-corrected chi connectivity index (χ1v) is 22.9. The fourth-order valence-electron chi connectivity index (χ4n) is 13.8. The molecule has 4 fully saturated rings. The average molecular weight is 833 g/mol. The van der Waals surface area contributed by atoms with Crippen LogP contribution >= 0.6 is 0 Å². The van der Waals surface area contributed by atoms with Crippen LogP contribution in [0.3, 0.4) is 0 Å². The molecule has 11 heteroatoms. The predicted octanol–water partition coefficient (Wildman–Crippen LogP) is 5.45. The van der Waals surface area contributed by atoms with E-state index < -0.39 is 64.0 Å². The van der Waals surface area contributed by atoms with Crippen LogP contribution in [0.4, 0.5) is 0 Å². The number of Topliss-reactive ketones (excluding diaryl/α,β-unsaturated/α-hetero) is 2. The fraction of sp³-hybridized carbons (Fsp3) is 0.776. The molecule has 6 aliphatic rings. The first kappa shape index (κ1) is 45.0. The lowest BCUT2D eigenvalue weighted by Gasteiger charge is -2.61. The van der Waals surface area contributed by atoms with E-state index in [1.807, 2.05) is 32.3 Å². The quantitative estimate of drug-likeness (QED) is 0.131. The Kier molecular flexibility index (Phi) is 12.5. The molecule has 17 atom stereocenters. The summed E-state index contributed by atoms with van der Waals surface area (Å²) in [5.41, 5.74) is -3.44. The van der Waals surface area contributed by atoms with Gasteiger partial charge in [0.25, 0.3) is 0 Å². The Balaban J connectivity index is 1.35. The zero-order chi connectivity index (χ0) is 43.7. The van der Waals surface area contributed by atoms with Crippen LogP contribution in [0.1, 0.15) is 131 Å². The molecule has 7 N–H and O–H groups in total. The van der Waals surface area contributed by atoms with E-state index >= 15 is 0 Å². The minimum Gasteiger partial charge on any atom is -0.465 e. The van der Waals surface area contributed by atoms with Gasteiger partial charge in [0.2, 0.25) is 0 Å². The summed E-state index contributed by atoms with van der Waals surface area (Å²) in [6, 6.07) is 1.93. The van der Waals surface area contributed by atoms with Gasteiger partial charge in [-0.2, -0.15) is 0 Å². The highest BCUT2D eigenvalue weighted by Gasteiger charge is 2.72. The van der Waals surface area contributed by atoms with Crippen molar-refractivity contribution in [2.75, 3.05) is 13.2 Å². The highest BCUT2D eigenvalue weighted by Crippen LogP contribution is 2.71. The van der Waals surface area contributed by atoms with Crippen molar-refractivity contribution in [2.24, 2.45) is 70.0 Å². The number of hydrogen-bond acceptors (Lipinski definition) is 10. The first-order chi connectivity index (χ1) is 28.2. The van der Waals surface area contributed by atoms with Crippen LogP contribution in [0.15, 0.2) is 29.7 Å². The molecule has 11 nitrogen and oxygen atoms in total. The number of nitrogens with one attached hydrogen (secondary N) is 2. The van der Waals surface area contributed by atoms with Crippen LogP contribution in [0, 0.1) is 81.8 Å². The molecular formula is C49H72N2O9. The third kappa shape index (κ3) is 7.52. The lowest BCUT2D eigenvalue weighted by Crippen LogP contribution is -2.64. The molecular weight excluding hydrogens is 761 g/mol. The van der Waals surface area contributed by atoms with Crippen molar-refractivity contribution >= 4 is 17.5 Å². The van der Waals surface area contributed by atoms with Crippen LogP contribution in [-0.4, -0.2) is 90.7 Å². The molecule has 1 aliphatic heterocycles. The van der Waals surface area contributed by atoms with E-state index in [-0.39, 0.29) is 91.2 Å². The Morgan fingerprint density at radius 2 is 1.77 bits per heavy atom. The summed E-state index contributed by atoms with van der Waals surface area (Å²) in [6.07, 6.45) is 5.39. The van der Waals surface area contributed by atoms with E-state index in [0.717, 1.165) is 24.8 Å². The zero-order valence-electron chi connectivity index (χ0n) is 37.2. The number of aliphatic hydroxyl groups excluding tert-OH is 3. The van der Waals surface area contributed by atoms with Crippen LogP contribution in [0.25, 0.3) is 0 Å². The molecule has 60 heavy (non-hydrogen) atoms. The number of carbonyl (C=O) groups excluding carboxylic acids is 3. The molecule has 1 saturated heterocycles. The molecule has 3 saturated carbocycles. The van der Waals surface area contributed by atoms with Gasteiger partial charge in [-0.3, -0.25) is 14.4 Å². The number of aromatic amines is 1. The normalized spacial score (nSPS) is 45.8.